The summed E-state index contributed by atoms with van der Waals surface area (Å²) < 4.78 is 14.3. The van der Waals surface area contributed by atoms with Crippen molar-refractivity contribution in [2.24, 2.45) is 0 Å². The van der Waals surface area contributed by atoms with Gasteiger partial charge in [-0.2, -0.15) is 0 Å². The van der Waals surface area contributed by atoms with Crippen molar-refractivity contribution in [3.63, 3.8) is 0 Å². The van der Waals surface area contributed by atoms with Gasteiger partial charge in [0.15, 0.2) is 0 Å². The van der Waals surface area contributed by atoms with Crippen LogP contribution in [0.1, 0.15) is 99.7 Å². The van der Waals surface area contributed by atoms with Crippen molar-refractivity contribution in [2.75, 3.05) is 11.9 Å². The Morgan fingerprint density at radius 2 is 1.89 bits per heavy atom. The van der Waals surface area contributed by atoms with Gasteiger partial charge < -0.3 is 20.6 Å². The molecule has 2 amide bonds. The number of phenolic OH excluding ortho intramolecular Hbond substituents is 1. The van der Waals surface area contributed by atoms with E-state index in [0.29, 0.717) is 48.3 Å². The van der Waals surface area contributed by atoms with E-state index < -0.39 is 5.67 Å². The van der Waals surface area contributed by atoms with Gasteiger partial charge in [0, 0.05) is 59.3 Å². The zero-order chi connectivity index (χ0) is 33.0. The lowest BCUT2D eigenvalue weighted by molar-refractivity contribution is 0.0735. The fraction of sp³-hybridized carbons (Fsp3) is 0.389. The summed E-state index contributed by atoms with van der Waals surface area (Å²) in [5.74, 6) is -0.185. The number of aryl methyl sites for hydroxylation is 3. The number of benzene rings is 2. The summed E-state index contributed by atoms with van der Waals surface area (Å²) in [6, 6.07) is 12.4. The van der Waals surface area contributed by atoms with E-state index in [1.54, 1.807) is 41.8 Å². The van der Waals surface area contributed by atoms with Crippen LogP contribution in [0.2, 0.25) is 0 Å². The van der Waals surface area contributed by atoms with Crippen LogP contribution in [0.3, 0.4) is 0 Å². The van der Waals surface area contributed by atoms with Gasteiger partial charge in [0.2, 0.25) is 0 Å². The van der Waals surface area contributed by atoms with Crippen molar-refractivity contribution in [1.82, 2.24) is 20.2 Å². The van der Waals surface area contributed by atoms with Gasteiger partial charge in [0.05, 0.1) is 11.7 Å². The van der Waals surface area contributed by atoms with E-state index in [-0.39, 0.29) is 29.6 Å². The number of phenols is 1. The number of pyridine rings is 1. The number of hydrogen-bond acceptors (Lipinski definition) is 7. The molecule has 3 heterocycles. The molecule has 1 fully saturated rings. The van der Waals surface area contributed by atoms with Gasteiger partial charge in [0.25, 0.3) is 11.8 Å². The van der Waals surface area contributed by atoms with Crippen LogP contribution in [0.25, 0.3) is 0 Å². The molecule has 0 saturated carbocycles. The van der Waals surface area contributed by atoms with Gasteiger partial charge in [-0.05, 0) is 113 Å². The van der Waals surface area contributed by atoms with Gasteiger partial charge in [0.1, 0.15) is 16.4 Å². The molecule has 0 bridgehead atoms. The number of rotatable bonds is 11. The number of nitrogens with zero attached hydrogens (tertiary/aromatic N) is 3. The van der Waals surface area contributed by atoms with Crippen LogP contribution in [0.5, 0.6) is 5.75 Å². The molecule has 2 aromatic heterocycles. The average molecular weight is 644 g/mol. The van der Waals surface area contributed by atoms with E-state index in [4.69, 9.17) is 0 Å². The van der Waals surface area contributed by atoms with Crippen LogP contribution >= 0.6 is 11.3 Å². The normalized spacial score (nSPS) is 15.5. The zero-order valence-electron chi connectivity index (χ0n) is 27.1. The maximum atomic E-state index is 14.3. The van der Waals surface area contributed by atoms with Crippen molar-refractivity contribution in [1.29, 1.82) is 0 Å². The minimum absolute atomic E-state index is 0.0299. The third kappa shape index (κ3) is 8.09. The number of anilines is 1. The Bertz CT molecular complexity index is 1720. The summed E-state index contributed by atoms with van der Waals surface area (Å²) in [6.45, 7) is 9.86. The summed E-state index contributed by atoms with van der Waals surface area (Å²) in [6.07, 6.45) is 6.32. The quantitative estimate of drug-likeness (QED) is 0.147. The number of carbonyl (C=O) groups excluding carboxylic acids is 2. The maximum Gasteiger partial charge on any atom is 0.254 e. The van der Waals surface area contributed by atoms with Crippen molar-refractivity contribution < 1.29 is 19.1 Å². The minimum Gasteiger partial charge on any atom is -0.506 e. The first-order chi connectivity index (χ1) is 21.9. The summed E-state index contributed by atoms with van der Waals surface area (Å²) in [4.78, 5) is 37.5. The third-order valence-electron chi connectivity index (χ3n) is 8.29. The second kappa shape index (κ2) is 14.0. The first-order valence-corrected chi connectivity index (χ1v) is 16.6. The molecule has 1 aliphatic heterocycles. The van der Waals surface area contributed by atoms with E-state index in [1.165, 1.54) is 20.0 Å². The molecule has 2 aromatic carbocycles. The molecule has 3 N–H and O–H groups in total. The lowest BCUT2D eigenvalue weighted by Gasteiger charge is -2.23. The smallest absolute Gasteiger partial charge is 0.254 e. The number of thiazole rings is 1. The van der Waals surface area contributed by atoms with Crippen molar-refractivity contribution in [3.05, 3.63) is 104 Å². The molecule has 4 aromatic rings. The number of halogens is 1. The molecule has 10 heteroatoms. The number of hydrogen-bond donors (Lipinski definition) is 3. The summed E-state index contributed by atoms with van der Waals surface area (Å²) in [7, 11) is 0. The van der Waals surface area contributed by atoms with E-state index >= 15 is 0 Å². The van der Waals surface area contributed by atoms with Crippen LogP contribution in [0.4, 0.5) is 10.1 Å². The summed E-state index contributed by atoms with van der Waals surface area (Å²) >= 11 is 1.59. The molecule has 242 valence electrons. The molecule has 0 radical (unpaired) electrons. The number of nitrogens with one attached hydrogen (secondary N) is 2. The number of likely N-dealkylation sites (tertiary alicyclic amines) is 1. The van der Waals surface area contributed by atoms with Crippen LogP contribution in [0, 0.1) is 13.8 Å². The highest BCUT2D eigenvalue weighted by Crippen LogP contribution is 2.35. The van der Waals surface area contributed by atoms with E-state index in [1.807, 2.05) is 49.3 Å². The highest BCUT2D eigenvalue weighted by Gasteiger charge is 2.33. The Hall–Kier alpha value is -4.31. The SMILES string of the molecule is Cc1cc(C(=O)N[C@@H](C)CCc2ccc(NCc3cncc(C(C)(C)F)c3)c(O)c2)cc(C(=O)N2CCC[C@@H]2c2nc(C)cs2)c1. The standard InChI is InChI=1S/C36H42FN5O3S/c1-22-13-27(17-28(14-22)35(45)42-12-6-7-31(42)34-41-24(3)21-46-34)33(44)40-23(2)8-9-25-10-11-30(32(43)16-25)39-19-26-15-29(20-38-18-26)36(4,5)37/h10-11,13-18,20-21,23,31,39,43H,6-9,12,19H2,1-5H3,(H,40,44)/t23-,31+/m0/s1. The lowest BCUT2D eigenvalue weighted by atomic mass is 10.0. The molecular weight excluding hydrogens is 601 g/mol. The van der Waals surface area contributed by atoms with Crippen LogP contribution < -0.4 is 10.6 Å². The van der Waals surface area contributed by atoms with Gasteiger partial charge in [-0.3, -0.25) is 14.6 Å². The largest absolute Gasteiger partial charge is 0.506 e. The third-order valence-corrected chi connectivity index (χ3v) is 9.36. The maximum absolute atomic E-state index is 14.3. The molecule has 46 heavy (non-hydrogen) atoms. The zero-order valence-corrected chi connectivity index (χ0v) is 27.9. The number of carbonyl (C=O) groups is 2. The van der Waals surface area contributed by atoms with Gasteiger partial charge in [-0.1, -0.05) is 6.07 Å². The van der Waals surface area contributed by atoms with Crippen molar-refractivity contribution in [3.8, 4) is 5.75 Å². The first-order valence-electron chi connectivity index (χ1n) is 15.7. The molecule has 2 atom stereocenters. The van der Waals surface area contributed by atoms with Crippen molar-refractivity contribution in [2.45, 2.75) is 84.6 Å². The monoisotopic (exact) mass is 643 g/mol. The predicted octanol–water partition coefficient (Wildman–Crippen LogP) is 7.41. The Labute approximate surface area is 274 Å². The Morgan fingerprint density at radius 1 is 1.11 bits per heavy atom. The highest BCUT2D eigenvalue weighted by atomic mass is 32.1. The molecule has 8 nitrogen and oxygen atoms in total. The fourth-order valence-corrected chi connectivity index (χ4v) is 6.69. The highest BCUT2D eigenvalue weighted by molar-refractivity contribution is 7.09. The number of alkyl halides is 1. The number of aromatic nitrogens is 2. The van der Waals surface area contributed by atoms with Crippen molar-refractivity contribution >= 4 is 28.8 Å². The van der Waals surface area contributed by atoms with Gasteiger partial charge in [-0.15, -0.1) is 11.3 Å². The predicted molar refractivity (Wildman–Crippen MR) is 180 cm³/mol. The van der Waals surface area contributed by atoms with E-state index in [2.05, 4.69) is 20.6 Å². The van der Waals surface area contributed by atoms with E-state index in [0.717, 1.165) is 40.2 Å². The lowest BCUT2D eigenvalue weighted by Crippen LogP contribution is -2.34. The molecule has 0 unspecified atom stereocenters. The van der Waals surface area contributed by atoms with E-state index in [9.17, 15) is 19.1 Å². The Kier molecular flexibility index (Phi) is 10.1. The second-order valence-corrected chi connectivity index (χ2v) is 13.6. The Balaban J connectivity index is 1.15. The molecule has 0 spiro atoms. The number of aromatic hydroxyl groups is 1. The van der Waals surface area contributed by atoms with Gasteiger partial charge in [-0.25, -0.2) is 9.37 Å². The average Bonchev–Trinajstić information content (AvgIpc) is 3.67. The molecule has 5 rings (SSSR count). The number of amides is 2. The first kappa shape index (κ1) is 33.1. The van der Waals surface area contributed by atoms with Crippen LogP contribution in [-0.4, -0.2) is 44.4 Å². The second-order valence-electron chi connectivity index (χ2n) is 12.7. The van der Waals surface area contributed by atoms with Crippen LogP contribution in [0.15, 0.2) is 60.2 Å². The molecule has 1 saturated heterocycles. The van der Waals surface area contributed by atoms with Crippen LogP contribution in [-0.2, 0) is 18.6 Å². The summed E-state index contributed by atoms with van der Waals surface area (Å²) in [5.41, 5.74) is 4.12. The minimum atomic E-state index is -1.48. The topological polar surface area (TPSA) is 107 Å². The fourth-order valence-electron chi connectivity index (χ4n) is 5.75. The molecule has 1 aliphatic rings. The molecule has 0 aliphatic carbocycles. The van der Waals surface area contributed by atoms with Gasteiger partial charge >= 0.3 is 0 Å². The Morgan fingerprint density at radius 3 is 2.61 bits per heavy atom. The molecular formula is C36H42FN5O3S. The summed E-state index contributed by atoms with van der Waals surface area (Å²) in [5, 5.41) is 19.9.